The van der Waals surface area contributed by atoms with E-state index in [0.29, 0.717) is 44.6 Å². The van der Waals surface area contributed by atoms with Gasteiger partial charge in [0.2, 0.25) is 11.8 Å². The average molecular weight is 600 g/mol. The lowest BCUT2D eigenvalue weighted by molar-refractivity contribution is -0.142. The molecule has 44 heavy (non-hydrogen) atoms. The maximum Gasteiger partial charge on any atom is 0.247 e. The van der Waals surface area contributed by atoms with Crippen LogP contribution in [0.15, 0.2) is 78.9 Å². The maximum atomic E-state index is 14.1. The zero-order chi connectivity index (χ0) is 32.1. The molecule has 1 heterocycles. The molecule has 2 atom stereocenters. The fourth-order valence-electron chi connectivity index (χ4n) is 5.91. The van der Waals surface area contributed by atoms with Gasteiger partial charge in [-0.05, 0) is 81.8 Å². The molecule has 2 unspecified atom stereocenters. The summed E-state index contributed by atoms with van der Waals surface area (Å²) in [4.78, 5) is 40.9. The van der Waals surface area contributed by atoms with Gasteiger partial charge in [-0.3, -0.25) is 14.5 Å². The number of nitrogens with one attached hydrogen (secondary N) is 1. The van der Waals surface area contributed by atoms with Crippen LogP contribution in [0.25, 0.3) is 0 Å². The molecule has 4 rings (SSSR count). The molecule has 7 heteroatoms. The van der Waals surface area contributed by atoms with Gasteiger partial charge in [-0.15, -0.1) is 0 Å². The molecule has 0 aliphatic carbocycles. The summed E-state index contributed by atoms with van der Waals surface area (Å²) < 4.78 is 6.09. The Morgan fingerprint density at radius 3 is 2.18 bits per heavy atom. The van der Waals surface area contributed by atoms with Crippen LogP contribution in [0.3, 0.4) is 0 Å². The molecule has 1 N–H and O–H groups in total. The summed E-state index contributed by atoms with van der Waals surface area (Å²) in [6.07, 6.45) is 2.09. The first-order chi connectivity index (χ1) is 21.2. The molecule has 3 aromatic carbocycles. The fraction of sp³-hybridized carbons (Fsp3) is 0.432. The summed E-state index contributed by atoms with van der Waals surface area (Å²) >= 11 is 0. The molecule has 1 aliphatic heterocycles. The number of amides is 2. The van der Waals surface area contributed by atoms with Crippen LogP contribution < -0.4 is 10.1 Å². The minimum atomic E-state index is -0.682. The Bertz CT molecular complexity index is 1320. The standard InChI is InChI=1S/C35H45N3O3.C2H4O/c1-6-31(28-15-11-8-12-16-28)35(40)38-21-19-29-23-30(41-24-27-13-9-7-10-14-27)17-18-32(29)33(38)34(39)36-20-22-37(25(2)3)26(4)5;1-2-3/h7-18,23,25-26,31,33H,6,19-22,24H2,1-5H3,(H,36,39);2H,1H3. The van der Waals surface area contributed by atoms with Gasteiger partial charge in [0.05, 0.1) is 5.92 Å². The topological polar surface area (TPSA) is 78.9 Å². The van der Waals surface area contributed by atoms with Crippen LogP contribution in [0.1, 0.15) is 82.2 Å². The highest BCUT2D eigenvalue weighted by Gasteiger charge is 2.38. The Kier molecular flexibility index (Phi) is 13.6. The normalized spacial score (nSPS) is 14.8. The molecule has 7 nitrogen and oxygen atoms in total. The summed E-state index contributed by atoms with van der Waals surface area (Å²) in [6, 6.07) is 26.0. The highest BCUT2D eigenvalue weighted by Crippen LogP contribution is 2.35. The number of ether oxygens (including phenoxy) is 1. The van der Waals surface area contributed by atoms with E-state index in [0.717, 1.165) is 40.8 Å². The first kappa shape index (κ1) is 34.5. The van der Waals surface area contributed by atoms with E-state index >= 15 is 0 Å². The SMILES string of the molecule is CC=O.CCC(C(=O)N1CCc2cc(OCc3ccccc3)ccc2C1C(=O)NCCN(C(C)C)C(C)C)c1ccccc1. The van der Waals surface area contributed by atoms with Crippen molar-refractivity contribution in [3.8, 4) is 5.75 Å². The highest BCUT2D eigenvalue weighted by atomic mass is 16.5. The molecule has 1 aliphatic rings. The third-order valence-corrected chi connectivity index (χ3v) is 8.03. The van der Waals surface area contributed by atoms with Gasteiger partial charge < -0.3 is 19.7 Å². The smallest absolute Gasteiger partial charge is 0.247 e. The van der Waals surface area contributed by atoms with Gasteiger partial charge in [0.15, 0.2) is 0 Å². The van der Waals surface area contributed by atoms with Gasteiger partial charge in [0.25, 0.3) is 0 Å². The lowest BCUT2D eigenvalue weighted by atomic mass is 9.88. The number of nitrogens with zero attached hydrogens (tertiary/aromatic N) is 2. The summed E-state index contributed by atoms with van der Waals surface area (Å²) in [5.41, 5.74) is 4.02. The first-order valence-corrected chi connectivity index (χ1v) is 15.8. The fourth-order valence-corrected chi connectivity index (χ4v) is 5.91. The summed E-state index contributed by atoms with van der Waals surface area (Å²) in [5.74, 6) is 0.346. The molecular weight excluding hydrogens is 550 g/mol. The van der Waals surface area contributed by atoms with E-state index in [9.17, 15) is 9.59 Å². The van der Waals surface area contributed by atoms with Crippen molar-refractivity contribution in [3.05, 3.63) is 101 Å². The summed E-state index contributed by atoms with van der Waals surface area (Å²) in [6.45, 7) is 14.4. The quantitative estimate of drug-likeness (QED) is 0.246. The molecule has 0 radical (unpaired) electrons. The van der Waals surface area contributed by atoms with E-state index in [-0.39, 0.29) is 17.7 Å². The summed E-state index contributed by atoms with van der Waals surface area (Å²) in [5, 5.41) is 3.17. The summed E-state index contributed by atoms with van der Waals surface area (Å²) in [7, 11) is 0. The van der Waals surface area contributed by atoms with E-state index in [1.165, 1.54) is 6.92 Å². The van der Waals surface area contributed by atoms with Crippen molar-refractivity contribution in [3.63, 3.8) is 0 Å². The van der Waals surface area contributed by atoms with Gasteiger partial charge >= 0.3 is 0 Å². The van der Waals surface area contributed by atoms with Crippen molar-refractivity contribution < 1.29 is 19.1 Å². The van der Waals surface area contributed by atoms with Crippen molar-refractivity contribution in [2.24, 2.45) is 0 Å². The Morgan fingerprint density at radius 2 is 1.59 bits per heavy atom. The van der Waals surface area contributed by atoms with E-state index < -0.39 is 6.04 Å². The van der Waals surface area contributed by atoms with Crippen LogP contribution in [0.2, 0.25) is 0 Å². The van der Waals surface area contributed by atoms with Gasteiger partial charge in [-0.25, -0.2) is 0 Å². The molecule has 236 valence electrons. The van der Waals surface area contributed by atoms with E-state index in [1.807, 2.05) is 85.8 Å². The average Bonchev–Trinajstić information content (AvgIpc) is 3.02. The molecule has 0 saturated carbocycles. The third kappa shape index (κ3) is 9.26. The van der Waals surface area contributed by atoms with E-state index in [4.69, 9.17) is 9.53 Å². The van der Waals surface area contributed by atoms with E-state index in [2.05, 4.69) is 37.9 Å². The molecule has 0 fully saturated rings. The lowest BCUT2D eigenvalue weighted by Gasteiger charge is -2.38. The largest absolute Gasteiger partial charge is 0.489 e. The van der Waals surface area contributed by atoms with Crippen LogP contribution in [-0.4, -0.2) is 59.6 Å². The van der Waals surface area contributed by atoms with Gasteiger partial charge in [0, 0.05) is 31.7 Å². The van der Waals surface area contributed by atoms with Crippen molar-refractivity contribution in [1.82, 2.24) is 15.1 Å². The Hall–Kier alpha value is -3.97. The lowest BCUT2D eigenvalue weighted by Crippen LogP contribution is -2.50. The van der Waals surface area contributed by atoms with Crippen LogP contribution in [0.5, 0.6) is 5.75 Å². The highest BCUT2D eigenvalue weighted by molar-refractivity contribution is 5.92. The van der Waals surface area contributed by atoms with E-state index in [1.54, 1.807) is 4.90 Å². The Labute approximate surface area is 263 Å². The van der Waals surface area contributed by atoms with Crippen LogP contribution >= 0.6 is 0 Å². The molecule has 0 bridgehead atoms. The second kappa shape index (κ2) is 17.4. The number of fused-ring (bicyclic) bond motifs is 1. The van der Waals surface area contributed by atoms with Crippen LogP contribution in [-0.2, 0) is 27.4 Å². The molecule has 0 saturated heterocycles. The Balaban J connectivity index is 0.00000169. The second-order valence-electron chi connectivity index (χ2n) is 11.6. The number of hydrogen-bond donors (Lipinski definition) is 1. The van der Waals surface area contributed by atoms with Gasteiger partial charge in [-0.2, -0.15) is 0 Å². The second-order valence-corrected chi connectivity index (χ2v) is 11.6. The van der Waals surface area contributed by atoms with Gasteiger partial charge in [0.1, 0.15) is 24.7 Å². The maximum absolute atomic E-state index is 14.1. The van der Waals surface area contributed by atoms with Crippen molar-refractivity contribution in [2.45, 2.75) is 85.0 Å². The van der Waals surface area contributed by atoms with Crippen molar-refractivity contribution in [2.75, 3.05) is 19.6 Å². The predicted octanol–water partition coefficient (Wildman–Crippen LogP) is 6.33. The van der Waals surface area contributed by atoms with Crippen LogP contribution in [0, 0.1) is 0 Å². The molecule has 2 amide bonds. The third-order valence-electron chi connectivity index (χ3n) is 8.03. The minimum Gasteiger partial charge on any atom is -0.489 e. The molecule has 3 aromatic rings. The number of hydrogen-bond acceptors (Lipinski definition) is 5. The Morgan fingerprint density at radius 1 is 0.977 bits per heavy atom. The molecule has 0 aromatic heterocycles. The van der Waals surface area contributed by atoms with Crippen molar-refractivity contribution >= 4 is 18.1 Å². The number of carbonyl (C=O) groups excluding carboxylic acids is 3. The zero-order valence-corrected chi connectivity index (χ0v) is 27.2. The van der Waals surface area contributed by atoms with Gasteiger partial charge in [-0.1, -0.05) is 73.7 Å². The number of aldehydes is 1. The molecule has 0 spiro atoms. The number of rotatable bonds is 12. The molecular formula is C37H49N3O4. The number of carbonyl (C=O) groups is 3. The zero-order valence-electron chi connectivity index (χ0n) is 27.2. The van der Waals surface area contributed by atoms with Crippen molar-refractivity contribution in [1.29, 1.82) is 0 Å². The van der Waals surface area contributed by atoms with Crippen LogP contribution in [0.4, 0.5) is 0 Å². The minimum absolute atomic E-state index is 0.000100. The monoisotopic (exact) mass is 599 g/mol. The predicted molar refractivity (Wildman–Crippen MR) is 177 cm³/mol. The number of benzene rings is 3. The first-order valence-electron chi connectivity index (χ1n) is 15.8.